The molecular formula is C17H13ClN4O3S. The van der Waals surface area contributed by atoms with Crippen LogP contribution >= 0.6 is 22.9 Å². The molecular weight excluding hydrogens is 376 g/mol. The van der Waals surface area contributed by atoms with Gasteiger partial charge in [-0.2, -0.15) is 0 Å². The lowest BCUT2D eigenvalue weighted by Gasteiger charge is -2.01. The van der Waals surface area contributed by atoms with Crippen LogP contribution < -0.4 is 5.56 Å². The van der Waals surface area contributed by atoms with Crippen molar-refractivity contribution in [2.75, 3.05) is 0 Å². The number of ether oxygens (including phenoxy) is 1. The van der Waals surface area contributed by atoms with E-state index in [-0.39, 0.29) is 12.2 Å². The summed E-state index contributed by atoms with van der Waals surface area (Å²) in [5.74, 6) is -0.498. The summed E-state index contributed by atoms with van der Waals surface area (Å²) < 4.78 is 8.54. The van der Waals surface area contributed by atoms with E-state index < -0.39 is 5.97 Å². The Bertz CT molecular complexity index is 1220. The van der Waals surface area contributed by atoms with Gasteiger partial charge in [-0.3, -0.25) is 4.79 Å². The van der Waals surface area contributed by atoms with Crippen molar-refractivity contribution >= 4 is 44.8 Å². The second-order valence-corrected chi connectivity index (χ2v) is 7.25. The van der Waals surface area contributed by atoms with Gasteiger partial charge in [0.15, 0.2) is 0 Å². The number of halogens is 1. The van der Waals surface area contributed by atoms with Crippen molar-refractivity contribution in [1.82, 2.24) is 18.9 Å². The number of carbonyl (C=O) groups excluding carboxylic acids is 1. The third-order valence-electron chi connectivity index (χ3n) is 4.01. The Morgan fingerprint density at radius 1 is 1.35 bits per heavy atom. The van der Waals surface area contributed by atoms with E-state index >= 15 is 0 Å². The first-order chi connectivity index (χ1) is 12.4. The molecule has 4 heterocycles. The number of thiophene rings is 1. The molecule has 0 spiro atoms. The Labute approximate surface area is 156 Å². The van der Waals surface area contributed by atoms with E-state index in [4.69, 9.17) is 16.3 Å². The molecule has 0 unspecified atom stereocenters. The molecule has 4 rings (SSSR count). The predicted octanol–water partition coefficient (Wildman–Crippen LogP) is 2.96. The molecule has 9 heteroatoms. The van der Waals surface area contributed by atoms with Crippen molar-refractivity contribution in [3.05, 3.63) is 62.4 Å². The summed E-state index contributed by atoms with van der Waals surface area (Å²) in [5.41, 5.74) is 1.73. The molecule has 4 aromatic rings. The van der Waals surface area contributed by atoms with Gasteiger partial charge in [0.25, 0.3) is 5.56 Å². The molecule has 0 saturated carbocycles. The number of rotatable bonds is 3. The Morgan fingerprint density at radius 3 is 2.96 bits per heavy atom. The van der Waals surface area contributed by atoms with Crippen molar-refractivity contribution in [2.24, 2.45) is 7.05 Å². The zero-order chi connectivity index (χ0) is 18.4. The van der Waals surface area contributed by atoms with Gasteiger partial charge < -0.3 is 13.7 Å². The van der Waals surface area contributed by atoms with Gasteiger partial charge in [0.1, 0.15) is 22.0 Å². The molecule has 0 atom stereocenters. The number of hydrogen-bond acceptors (Lipinski definition) is 6. The van der Waals surface area contributed by atoms with Gasteiger partial charge in [-0.15, -0.1) is 11.3 Å². The molecule has 132 valence electrons. The third-order valence-corrected chi connectivity index (χ3v) is 5.42. The van der Waals surface area contributed by atoms with Crippen LogP contribution in [0.5, 0.6) is 0 Å². The summed E-state index contributed by atoms with van der Waals surface area (Å²) in [6, 6.07) is 3.53. The van der Waals surface area contributed by atoms with Gasteiger partial charge >= 0.3 is 5.97 Å². The number of hydrogen-bond donors (Lipinski definition) is 0. The van der Waals surface area contributed by atoms with Gasteiger partial charge in [0.05, 0.1) is 22.4 Å². The second kappa shape index (κ2) is 6.22. The molecule has 4 aromatic heterocycles. The highest BCUT2D eigenvalue weighted by molar-refractivity contribution is 7.20. The molecule has 0 N–H and O–H groups in total. The maximum Gasteiger partial charge on any atom is 0.349 e. The Morgan fingerprint density at radius 2 is 2.15 bits per heavy atom. The Kier molecular flexibility index (Phi) is 4.01. The van der Waals surface area contributed by atoms with Crippen LogP contribution in [0.15, 0.2) is 35.6 Å². The number of esters is 1. The minimum atomic E-state index is -0.498. The first-order valence-corrected chi connectivity index (χ1v) is 8.88. The number of pyridine rings is 1. The monoisotopic (exact) mass is 388 g/mol. The van der Waals surface area contributed by atoms with E-state index in [0.29, 0.717) is 37.0 Å². The summed E-state index contributed by atoms with van der Waals surface area (Å²) in [4.78, 5) is 34.2. The normalized spacial score (nSPS) is 11.3. The number of carbonyl (C=O) groups is 1. The lowest BCUT2D eigenvalue weighted by molar-refractivity contribution is 0.0473. The van der Waals surface area contributed by atoms with Crippen molar-refractivity contribution in [3.8, 4) is 0 Å². The van der Waals surface area contributed by atoms with Gasteiger partial charge in [0.2, 0.25) is 0 Å². The highest BCUT2D eigenvalue weighted by Crippen LogP contribution is 2.27. The SMILES string of the molecule is Cc1c(C(=O)OCc2cn3cc(Cl)ccc3n2)sc2ncn(C)c(=O)c12. The van der Waals surface area contributed by atoms with E-state index in [9.17, 15) is 9.59 Å². The van der Waals surface area contributed by atoms with Crippen LogP contribution in [0.4, 0.5) is 0 Å². The maximum absolute atomic E-state index is 12.5. The molecule has 0 radical (unpaired) electrons. The zero-order valence-corrected chi connectivity index (χ0v) is 15.5. The van der Waals surface area contributed by atoms with Crippen LogP contribution in [0.1, 0.15) is 20.9 Å². The summed E-state index contributed by atoms with van der Waals surface area (Å²) in [7, 11) is 1.62. The number of aromatic nitrogens is 4. The van der Waals surface area contributed by atoms with Crippen molar-refractivity contribution in [2.45, 2.75) is 13.5 Å². The predicted molar refractivity (Wildman–Crippen MR) is 98.9 cm³/mol. The fourth-order valence-electron chi connectivity index (χ4n) is 2.70. The standard InChI is InChI=1S/C17H13ClN4O3S/c1-9-13-15(19-8-21(2)16(13)23)26-14(9)17(24)25-7-11-6-22-5-10(18)3-4-12(22)20-11/h3-6,8H,7H2,1-2H3. The van der Waals surface area contributed by atoms with Crippen molar-refractivity contribution < 1.29 is 9.53 Å². The van der Waals surface area contributed by atoms with E-state index in [2.05, 4.69) is 9.97 Å². The molecule has 0 saturated heterocycles. The van der Waals surface area contributed by atoms with E-state index in [1.807, 2.05) is 0 Å². The van der Waals surface area contributed by atoms with E-state index in [1.165, 1.54) is 10.9 Å². The van der Waals surface area contributed by atoms with Crippen LogP contribution in [-0.2, 0) is 18.4 Å². The maximum atomic E-state index is 12.5. The quantitative estimate of drug-likeness (QED) is 0.504. The summed E-state index contributed by atoms with van der Waals surface area (Å²) in [6.45, 7) is 1.75. The highest BCUT2D eigenvalue weighted by atomic mass is 35.5. The molecule has 26 heavy (non-hydrogen) atoms. The lowest BCUT2D eigenvalue weighted by Crippen LogP contribution is -2.16. The molecule has 0 aliphatic carbocycles. The molecule has 0 fully saturated rings. The first kappa shape index (κ1) is 16.7. The fraction of sp³-hybridized carbons (Fsp3) is 0.176. The molecule has 0 amide bonds. The van der Waals surface area contributed by atoms with Crippen molar-refractivity contribution in [1.29, 1.82) is 0 Å². The highest BCUT2D eigenvalue weighted by Gasteiger charge is 2.20. The van der Waals surface area contributed by atoms with Gasteiger partial charge in [-0.05, 0) is 24.6 Å². The largest absolute Gasteiger partial charge is 0.455 e. The third kappa shape index (κ3) is 2.77. The average Bonchev–Trinajstić information content (AvgIpc) is 3.16. The average molecular weight is 389 g/mol. The minimum absolute atomic E-state index is 0.0251. The molecule has 0 aliphatic rings. The number of fused-ring (bicyclic) bond motifs is 2. The van der Waals surface area contributed by atoms with Gasteiger partial charge in [0, 0.05) is 19.4 Å². The smallest absolute Gasteiger partial charge is 0.349 e. The molecule has 0 bridgehead atoms. The van der Waals surface area contributed by atoms with Gasteiger partial charge in [-0.25, -0.2) is 14.8 Å². The summed E-state index contributed by atoms with van der Waals surface area (Å²) in [5, 5.41) is 1.04. The number of aryl methyl sites for hydroxylation is 2. The van der Waals surface area contributed by atoms with E-state index in [1.54, 1.807) is 42.9 Å². The zero-order valence-electron chi connectivity index (χ0n) is 13.9. The summed E-state index contributed by atoms with van der Waals surface area (Å²) >= 11 is 7.10. The van der Waals surface area contributed by atoms with Crippen LogP contribution in [0.2, 0.25) is 5.02 Å². The van der Waals surface area contributed by atoms with Crippen LogP contribution in [0.3, 0.4) is 0 Å². The minimum Gasteiger partial charge on any atom is -0.455 e. The van der Waals surface area contributed by atoms with Crippen LogP contribution in [0.25, 0.3) is 15.9 Å². The number of imidazole rings is 1. The number of nitrogens with zero attached hydrogens (tertiary/aromatic N) is 4. The lowest BCUT2D eigenvalue weighted by atomic mass is 10.2. The Balaban J connectivity index is 1.60. The van der Waals surface area contributed by atoms with Crippen LogP contribution in [0, 0.1) is 6.92 Å². The molecule has 7 nitrogen and oxygen atoms in total. The fourth-order valence-corrected chi connectivity index (χ4v) is 3.90. The van der Waals surface area contributed by atoms with Crippen molar-refractivity contribution in [3.63, 3.8) is 0 Å². The molecule has 0 aromatic carbocycles. The Hall–Kier alpha value is -2.71. The first-order valence-electron chi connectivity index (χ1n) is 7.69. The summed E-state index contributed by atoms with van der Waals surface area (Å²) in [6.07, 6.45) is 4.92. The molecule has 0 aliphatic heterocycles. The topological polar surface area (TPSA) is 78.5 Å². The van der Waals surface area contributed by atoms with Crippen LogP contribution in [-0.4, -0.2) is 24.9 Å². The second-order valence-electron chi connectivity index (χ2n) is 5.82. The van der Waals surface area contributed by atoms with E-state index in [0.717, 1.165) is 11.3 Å². The van der Waals surface area contributed by atoms with Gasteiger partial charge in [-0.1, -0.05) is 11.6 Å².